The predicted octanol–water partition coefficient (Wildman–Crippen LogP) is 2.34. The van der Waals surface area contributed by atoms with E-state index >= 15 is 0 Å². The van der Waals surface area contributed by atoms with Gasteiger partial charge in [0, 0.05) is 13.1 Å². The van der Waals surface area contributed by atoms with Crippen molar-refractivity contribution in [2.24, 2.45) is 5.41 Å². The van der Waals surface area contributed by atoms with Crippen LogP contribution in [0.25, 0.3) is 0 Å². The molecule has 0 aliphatic heterocycles. The Morgan fingerprint density at radius 3 is 2.73 bits per heavy atom. The van der Waals surface area contributed by atoms with Crippen molar-refractivity contribution in [3.05, 3.63) is 12.7 Å². The fraction of sp³-hybridized carbons (Fsp3) is 0.800. The zero-order valence-corrected chi connectivity index (χ0v) is 7.53. The van der Waals surface area contributed by atoms with Gasteiger partial charge in [0.2, 0.25) is 0 Å². The summed E-state index contributed by atoms with van der Waals surface area (Å²) in [6.45, 7) is 8.12. The summed E-state index contributed by atoms with van der Waals surface area (Å²) < 4.78 is 0. The fourth-order valence-electron chi connectivity index (χ4n) is 1.66. The van der Waals surface area contributed by atoms with Crippen LogP contribution in [-0.4, -0.2) is 13.1 Å². The molecule has 0 atom stereocenters. The highest BCUT2D eigenvalue weighted by Crippen LogP contribution is 2.48. The summed E-state index contributed by atoms with van der Waals surface area (Å²) in [5, 5.41) is 3.40. The molecule has 1 aliphatic carbocycles. The maximum Gasteiger partial charge on any atom is 0.0132 e. The maximum atomic E-state index is 3.68. The zero-order chi connectivity index (χ0) is 8.16. The molecule has 0 aromatic heterocycles. The van der Waals surface area contributed by atoms with Gasteiger partial charge in [-0.1, -0.05) is 19.4 Å². The van der Waals surface area contributed by atoms with Crippen LogP contribution in [0.15, 0.2) is 12.7 Å². The Labute approximate surface area is 69.9 Å². The SMILES string of the molecule is C=CCNCC1(CCC)CC1. The molecule has 1 saturated carbocycles. The Balaban J connectivity index is 2.08. The Morgan fingerprint density at radius 2 is 2.27 bits per heavy atom. The van der Waals surface area contributed by atoms with Gasteiger partial charge in [-0.25, -0.2) is 0 Å². The lowest BCUT2D eigenvalue weighted by molar-refractivity contribution is 0.431. The van der Waals surface area contributed by atoms with E-state index in [1.807, 2.05) is 6.08 Å². The van der Waals surface area contributed by atoms with Crippen LogP contribution >= 0.6 is 0 Å². The van der Waals surface area contributed by atoms with E-state index in [-0.39, 0.29) is 0 Å². The van der Waals surface area contributed by atoms with E-state index in [0.717, 1.165) is 6.54 Å². The maximum absolute atomic E-state index is 3.68. The second-order valence-corrected chi connectivity index (χ2v) is 3.67. The summed E-state index contributed by atoms with van der Waals surface area (Å²) in [6, 6.07) is 0. The molecule has 0 unspecified atom stereocenters. The molecule has 1 nitrogen and oxygen atoms in total. The molecule has 1 aliphatic rings. The molecule has 0 radical (unpaired) electrons. The molecule has 11 heavy (non-hydrogen) atoms. The molecule has 1 N–H and O–H groups in total. The highest BCUT2D eigenvalue weighted by atomic mass is 14.9. The topological polar surface area (TPSA) is 12.0 Å². The molecule has 1 heteroatoms. The van der Waals surface area contributed by atoms with E-state index in [9.17, 15) is 0 Å². The van der Waals surface area contributed by atoms with Gasteiger partial charge in [-0.2, -0.15) is 0 Å². The second kappa shape index (κ2) is 3.91. The van der Waals surface area contributed by atoms with E-state index < -0.39 is 0 Å². The highest BCUT2D eigenvalue weighted by molar-refractivity contribution is 4.94. The summed E-state index contributed by atoms with van der Waals surface area (Å²) in [5.74, 6) is 0. The van der Waals surface area contributed by atoms with Gasteiger partial charge in [0.15, 0.2) is 0 Å². The minimum Gasteiger partial charge on any atom is -0.313 e. The average molecular weight is 153 g/mol. The molecule has 0 bridgehead atoms. The molecule has 0 saturated heterocycles. The molecular weight excluding hydrogens is 134 g/mol. The van der Waals surface area contributed by atoms with Gasteiger partial charge in [-0.15, -0.1) is 6.58 Å². The lowest BCUT2D eigenvalue weighted by atomic mass is 10.0. The summed E-state index contributed by atoms with van der Waals surface area (Å²) >= 11 is 0. The number of nitrogens with one attached hydrogen (secondary N) is 1. The van der Waals surface area contributed by atoms with Gasteiger partial charge >= 0.3 is 0 Å². The van der Waals surface area contributed by atoms with Crippen molar-refractivity contribution in [1.29, 1.82) is 0 Å². The van der Waals surface area contributed by atoms with Crippen molar-refractivity contribution in [2.45, 2.75) is 32.6 Å². The smallest absolute Gasteiger partial charge is 0.0132 e. The molecule has 1 rings (SSSR count). The molecule has 0 aromatic rings. The van der Waals surface area contributed by atoms with E-state index in [0.29, 0.717) is 5.41 Å². The van der Waals surface area contributed by atoms with Crippen molar-refractivity contribution < 1.29 is 0 Å². The van der Waals surface area contributed by atoms with Crippen LogP contribution in [0.3, 0.4) is 0 Å². The first kappa shape index (κ1) is 8.79. The quantitative estimate of drug-likeness (QED) is 0.456. The minimum absolute atomic E-state index is 0.692. The molecular formula is C10H19N. The second-order valence-electron chi connectivity index (χ2n) is 3.67. The largest absolute Gasteiger partial charge is 0.313 e. The standard InChI is InChI=1S/C10H19N/c1-3-5-10(6-7-10)9-11-8-4-2/h4,11H,2-3,5-9H2,1H3. The normalized spacial score (nSPS) is 19.7. The van der Waals surface area contributed by atoms with Gasteiger partial charge in [0.05, 0.1) is 0 Å². The van der Waals surface area contributed by atoms with E-state index in [4.69, 9.17) is 0 Å². The van der Waals surface area contributed by atoms with Crippen LogP contribution in [0.1, 0.15) is 32.6 Å². The minimum atomic E-state index is 0.692. The van der Waals surface area contributed by atoms with E-state index in [1.165, 1.54) is 32.2 Å². The Bertz CT molecular complexity index is 125. The van der Waals surface area contributed by atoms with Crippen molar-refractivity contribution >= 4 is 0 Å². The van der Waals surface area contributed by atoms with Crippen LogP contribution in [0.4, 0.5) is 0 Å². The van der Waals surface area contributed by atoms with Crippen LogP contribution in [-0.2, 0) is 0 Å². The van der Waals surface area contributed by atoms with E-state index in [2.05, 4.69) is 18.8 Å². The van der Waals surface area contributed by atoms with Crippen molar-refractivity contribution in [3.63, 3.8) is 0 Å². The first-order chi connectivity index (χ1) is 5.33. The molecule has 0 aromatic carbocycles. The average Bonchev–Trinajstić information content (AvgIpc) is 2.71. The number of hydrogen-bond acceptors (Lipinski definition) is 1. The number of hydrogen-bond donors (Lipinski definition) is 1. The monoisotopic (exact) mass is 153 g/mol. The van der Waals surface area contributed by atoms with Crippen LogP contribution in [0.5, 0.6) is 0 Å². The van der Waals surface area contributed by atoms with Crippen LogP contribution in [0, 0.1) is 5.41 Å². The first-order valence-corrected chi connectivity index (χ1v) is 4.64. The third-order valence-electron chi connectivity index (χ3n) is 2.53. The van der Waals surface area contributed by atoms with Crippen molar-refractivity contribution in [1.82, 2.24) is 5.32 Å². The van der Waals surface area contributed by atoms with Gasteiger partial charge in [-0.05, 0) is 24.7 Å². The summed E-state index contributed by atoms with van der Waals surface area (Å²) in [6.07, 6.45) is 7.53. The Kier molecular flexibility index (Phi) is 3.13. The summed E-state index contributed by atoms with van der Waals surface area (Å²) in [7, 11) is 0. The molecule has 0 heterocycles. The van der Waals surface area contributed by atoms with Crippen LogP contribution in [0.2, 0.25) is 0 Å². The predicted molar refractivity (Wildman–Crippen MR) is 49.6 cm³/mol. The van der Waals surface area contributed by atoms with Gasteiger partial charge < -0.3 is 5.32 Å². The lowest BCUT2D eigenvalue weighted by Gasteiger charge is -2.13. The zero-order valence-electron chi connectivity index (χ0n) is 7.53. The summed E-state index contributed by atoms with van der Waals surface area (Å²) in [5.41, 5.74) is 0.692. The highest BCUT2D eigenvalue weighted by Gasteiger charge is 2.40. The van der Waals surface area contributed by atoms with Gasteiger partial charge in [-0.3, -0.25) is 0 Å². The Hall–Kier alpha value is -0.300. The molecule has 0 spiro atoms. The first-order valence-electron chi connectivity index (χ1n) is 4.64. The molecule has 64 valence electrons. The third kappa shape index (κ3) is 2.66. The Morgan fingerprint density at radius 1 is 1.55 bits per heavy atom. The lowest BCUT2D eigenvalue weighted by Crippen LogP contribution is -2.23. The van der Waals surface area contributed by atoms with Gasteiger partial charge in [0.1, 0.15) is 0 Å². The van der Waals surface area contributed by atoms with Crippen molar-refractivity contribution in [2.75, 3.05) is 13.1 Å². The van der Waals surface area contributed by atoms with Gasteiger partial charge in [0.25, 0.3) is 0 Å². The third-order valence-corrected chi connectivity index (χ3v) is 2.53. The molecule has 0 amide bonds. The number of rotatable bonds is 6. The molecule has 1 fully saturated rings. The fourth-order valence-corrected chi connectivity index (χ4v) is 1.66. The van der Waals surface area contributed by atoms with Crippen LogP contribution < -0.4 is 5.32 Å². The summed E-state index contributed by atoms with van der Waals surface area (Å²) in [4.78, 5) is 0. The van der Waals surface area contributed by atoms with E-state index in [1.54, 1.807) is 0 Å². The van der Waals surface area contributed by atoms with Crippen molar-refractivity contribution in [3.8, 4) is 0 Å².